The monoisotopic (exact) mass is 481 g/mol. The lowest BCUT2D eigenvalue weighted by molar-refractivity contribution is 0.102. The molecule has 0 bridgehead atoms. The van der Waals surface area contributed by atoms with Crippen LogP contribution in [0.25, 0.3) is 0 Å². The zero-order valence-corrected chi connectivity index (χ0v) is 18.9. The van der Waals surface area contributed by atoms with E-state index in [-0.39, 0.29) is 22.0 Å². The van der Waals surface area contributed by atoms with Crippen LogP contribution >= 0.6 is 34.5 Å². The van der Waals surface area contributed by atoms with Gasteiger partial charge in [0.2, 0.25) is 0 Å². The summed E-state index contributed by atoms with van der Waals surface area (Å²) < 4.78 is 27.8. The Labute approximate surface area is 188 Å². The Balaban J connectivity index is 1.98. The molecule has 0 aliphatic rings. The summed E-state index contributed by atoms with van der Waals surface area (Å²) in [5.74, 6) is -0.548. The fraction of sp³-hybridized carbons (Fsp3) is 0.100. The second-order valence-electron chi connectivity index (χ2n) is 6.17. The Morgan fingerprint density at radius 3 is 2.53 bits per heavy atom. The molecule has 10 heteroatoms. The molecule has 0 spiro atoms. The highest BCUT2D eigenvalue weighted by Crippen LogP contribution is 2.28. The maximum Gasteiger partial charge on any atom is 0.264 e. The second-order valence-corrected chi connectivity index (χ2v) is 10.1. The maximum absolute atomic E-state index is 13.3. The highest BCUT2D eigenvalue weighted by Gasteiger charge is 2.26. The third-order valence-corrected chi connectivity index (χ3v) is 7.22. The van der Waals surface area contributed by atoms with Gasteiger partial charge in [-0.3, -0.25) is 14.4 Å². The van der Waals surface area contributed by atoms with E-state index in [4.69, 9.17) is 23.2 Å². The highest BCUT2D eigenvalue weighted by molar-refractivity contribution is 7.92. The first-order chi connectivity index (χ1) is 14.2. The van der Waals surface area contributed by atoms with E-state index in [0.29, 0.717) is 15.8 Å². The molecule has 1 aromatic heterocycles. The molecule has 30 heavy (non-hydrogen) atoms. The molecule has 2 aromatic carbocycles. The van der Waals surface area contributed by atoms with Crippen LogP contribution in [0.15, 0.2) is 66.2 Å². The molecule has 0 radical (unpaired) electrons. The van der Waals surface area contributed by atoms with Gasteiger partial charge in [0.15, 0.2) is 5.13 Å². The Morgan fingerprint density at radius 2 is 1.93 bits per heavy atom. The molecule has 3 aromatic rings. The third-order valence-electron chi connectivity index (χ3n) is 4.02. The summed E-state index contributed by atoms with van der Waals surface area (Å²) >= 11 is 13.4. The molecule has 0 atom stereocenters. The number of hydrogen-bond acceptors (Lipinski definition) is 5. The first-order valence-corrected chi connectivity index (χ1v) is 11.7. The van der Waals surface area contributed by atoms with Crippen LogP contribution in [0, 0.1) is 6.92 Å². The van der Waals surface area contributed by atoms with E-state index in [2.05, 4.69) is 16.9 Å². The fourth-order valence-corrected chi connectivity index (χ4v) is 5.06. The van der Waals surface area contributed by atoms with Crippen molar-refractivity contribution in [1.82, 2.24) is 4.98 Å². The maximum atomic E-state index is 13.3. The average molecular weight is 482 g/mol. The van der Waals surface area contributed by atoms with Gasteiger partial charge in [-0.05, 0) is 49.4 Å². The lowest BCUT2D eigenvalue weighted by Crippen LogP contribution is -2.31. The van der Waals surface area contributed by atoms with Crippen LogP contribution in [0.4, 0.5) is 10.8 Å². The van der Waals surface area contributed by atoms with Gasteiger partial charge in [-0.2, -0.15) is 0 Å². The average Bonchev–Trinajstić information content (AvgIpc) is 3.11. The standard InChI is InChI=1S/C20H17Cl2N3O3S2/c1-3-10-25(15-6-4-14(21)5-7-15)30(27,28)16-8-9-18(22)17(11-16)19(26)24-20-23-12-13(2)29-20/h3-9,11-12H,1,10H2,2H3,(H,23,24,26). The summed E-state index contributed by atoms with van der Waals surface area (Å²) in [5, 5.41) is 3.65. The van der Waals surface area contributed by atoms with Crippen molar-refractivity contribution in [1.29, 1.82) is 0 Å². The van der Waals surface area contributed by atoms with Gasteiger partial charge in [0, 0.05) is 16.1 Å². The Bertz CT molecular complexity index is 1190. The van der Waals surface area contributed by atoms with Gasteiger partial charge in [-0.1, -0.05) is 29.3 Å². The van der Waals surface area contributed by atoms with Crippen molar-refractivity contribution < 1.29 is 13.2 Å². The van der Waals surface area contributed by atoms with E-state index in [1.54, 1.807) is 30.5 Å². The molecule has 1 amide bonds. The molecular weight excluding hydrogens is 465 g/mol. The van der Waals surface area contributed by atoms with E-state index in [0.717, 1.165) is 4.88 Å². The molecule has 0 saturated carbocycles. The zero-order valence-electron chi connectivity index (χ0n) is 15.8. The van der Waals surface area contributed by atoms with E-state index >= 15 is 0 Å². The molecule has 0 saturated heterocycles. The van der Waals surface area contributed by atoms with Crippen LogP contribution in [0.1, 0.15) is 15.2 Å². The van der Waals surface area contributed by atoms with Crippen LogP contribution in [0.3, 0.4) is 0 Å². The highest BCUT2D eigenvalue weighted by atomic mass is 35.5. The molecule has 3 rings (SSSR count). The molecule has 0 fully saturated rings. The number of carbonyl (C=O) groups excluding carboxylic acids is 1. The largest absolute Gasteiger partial charge is 0.298 e. The van der Waals surface area contributed by atoms with Crippen molar-refractivity contribution in [3.63, 3.8) is 0 Å². The topological polar surface area (TPSA) is 79.4 Å². The van der Waals surface area contributed by atoms with Crippen molar-refractivity contribution in [3.8, 4) is 0 Å². The number of sulfonamides is 1. The number of aryl methyl sites for hydroxylation is 1. The third kappa shape index (κ3) is 4.84. The summed E-state index contributed by atoms with van der Waals surface area (Å²) in [5.41, 5.74) is 0.443. The van der Waals surface area contributed by atoms with E-state index < -0.39 is 15.9 Å². The van der Waals surface area contributed by atoms with E-state index in [1.165, 1.54) is 39.9 Å². The predicted octanol–water partition coefficient (Wildman–Crippen LogP) is 5.39. The molecule has 0 aliphatic carbocycles. The summed E-state index contributed by atoms with van der Waals surface area (Å²) in [7, 11) is -4.00. The second kappa shape index (κ2) is 9.18. The van der Waals surface area contributed by atoms with Gasteiger partial charge < -0.3 is 0 Å². The number of benzene rings is 2. The number of hydrogen-bond donors (Lipinski definition) is 1. The van der Waals surface area contributed by atoms with E-state index in [1.807, 2.05) is 6.92 Å². The number of anilines is 2. The van der Waals surface area contributed by atoms with Crippen LogP contribution in [0.5, 0.6) is 0 Å². The number of halogens is 2. The van der Waals surface area contributed by atoms with Crippen molar-refractivity contribution in [2.75, 3.05) is 16.2 Å². The van der Waals surface area contributed by atoms with Crippen molar-refractivity contribution in [2.45, 2.75) is 11.8 Å². The van der Waals surface area contributed by atoms with E-state index in [9.17, 15) is 13.2 Å². The minimum atomic E-state index is -4.00. The van der Waals surface area contributed by atoms with Gasteiger partial charge in [0.05, 0.1) is 27.7 Å². The Morgan fingerprint density at radius 1 is 1.23 bits per heavy atom. The lowest BCUT2D eigenvalue weighted by atomic mass is 10.2. The number of nitrogens with one attached hydrogen (secondary N) is 1. The van der Waals surface area contributed by atoms with Gasteiger partial charge in [0.25, 0.3) is 15.9 Å². The van der Waals surface area contributed by atoms with Gasteiger partial charge in [-0.15, -0.1) is 17.9 Å². The van der Waals surface area contributed by atoms with Crippen molar-refractivity contribution in [2.24, 2.45) is 0 Å². The first kappa shape index (κ1) is 22.3. The Kier molecular flexibility index (Phi) is 6.82. The van der Waals surface area contributed by atoms with Crippen LogP contribution in [0.2, 0.25) is 10.0 Å². The normalized spacial score (nSPS) is 11.2. The molecular formula is C20H17Cl2N3O3S2. The van der Waals surface area contributed by atoms with Gasteiger partial charge in [-0.25, -0.2) is 13.4 Å². The molecule has 6 nitrogen and oxygen atoms in total. The number of aromatic nitrogens is 1. The molecule has 156 valence electrons. The molecule has 0 aliphatic heterocycles. The summed E-state index contributed by atoms with van der Waals surface area (Å²) in [6.45, 7) is 5.53. The van der Waals surface area contributed by atoms with Gasteiger partial charge >= 0.3 is 0 Å². The minimum absolute atomic E-state index is 0.0280. The number of thiazole rings is 1. The van der Waals surface area contributed by atoms with Crippen molar-refractivity contribution in [3.05, 3.63) is 81.8 Å². The van der Waals surface area contributed by atoms with Crippen LogP contribution < -0.4 is 9.62 Å². The smallest absolute Gasteiger partial charge is 0.264 e. The van der Waals surface area contributed by atoms with Crippen LogP contribution in [-0.4, -0.2) is 25.9 Å². The predicted molar refractivity (Wildman–Crippen MR) is 122 cm³/mol. The first-order valence-electron chi connectivity index (χ1n) is 8.65. The summed E-state index contributed by atoms with van der Waals surface area (Å²) in [6, 6.07) is 10.4. The number of amides is 1. The molecule has 1 N–H and O–H groups in total. The SMILES string of the molecule is C=CCN(c1ccc(Cl)cc1)S(=O)(=O)c1ccc(Cl)c(C(=O)Nc2ncc(C)s2)c1. The quantitative estimate of drug-likeness (QED) is 0.458. The summed E-state index contributed by atoms with van der Waals surface area (Å²) in [4.78, 5) is 17.6. The van der Waals surface area contributed by atoms with Crippen molar-refractivity contribution >= 4 is 61.3 Å². The number of nitrogens with zero attached hydrogens (tertiary/aromatic N) is 2. The number of carbonyl (C=O) groups is 1. The van der Waals surface area contributed by atoms with Gasteiger partial charge in [0.1, 0.15) is 0 Å². The number of rotatable bonds is 7. The molecule has 0 unspecified atom stereocenters. The zero-order chi connectivity index (χ0) is 21.9. The Hall–Kier alpha value is -2.39. The lowest BCUT2D eigenvalue weighted by Gasteiger charge is -2.23. The fourth-order valence-electron chi connectivity index (χ4n) is 2.61. The van der Waals surface area contributed by atoms with Crippen LogP contribution in [-0.2, 0) is 10.0 Å². The molecule has 1 heterocycles. The minimum Gasteiger partial charge on any atom is -0.298 e. The summed E-state index contributed by atoms with van der Waals surface area (Å²) in [6.07, 6.45) is 3.10.